The van der Waals surface area contributed by atoms with E-state index in [0.29, 0.717) is 5.02 Å². The van der Waals surface area contributed by atoms with Gasteiger partial charge >= 0.3 is 0 Å². The molecule has 1 rings (SSSR count). The molecule has 0 bridgehead atoms. The van der Waals surface area contributed by atoms with Gasteiger partial charge in [0.15, 0.2) is 0 Å². The Hall–Kier alpha value is -1.22. The number of nitrogens with zero attached hydrogens (tertiary/aromatic N) is 2. The highest BCUT2D eigenvalue weighted by atomic mass is 35.5. The Bertz CT molecular complexity index is 323. The molecular formula is C10H13ClN2O. The fourth-order valence-electron chi connectivity index (χ4n) is 1.04. The van der Waals surface area contributed by atoms with Gasteiger partial charge in [-0.3, -0.25) is 14.8 Å². The van der Waals surface area contributed by atoms with E-state index in [4.69, 9.17) is 11.6 Å². The second-order valence-electron chi connectivity index (χ2n) is 3.04. The van der Waals surface area contributed by atoms with Gasteiger partial charge in [0, 0.05) is 26.0 Å². The average Bonchev–Trinajstić information content (AvgIpc) is 2.16. The Morgan fingerprint density at radius 1 is 1.21 bits per heavy atom. The van der Waals surface area contributed by atoms with E-state index in [1.165, 1.54) is 11.9 Å². The van der Waals surface area contributed by atoms with E-state index in [2.05, 4.69) is 0 Å². The van der Waals surface area contributed by atoms with E-state index in [9.17, 15) is 4.79 Å². The topological polar surface area (TPSA) is 23.6 Å². The molecule has 1 aromatic carbocycles. The van der Waals surface area contributed by atoms with Gasteiger partial charge in [0.2, 0.25) is 5.91 Å². The van der Waals surface area contributed by atoms with E-state index < -0.39 is 0 Å². The van der Waals surface area contributed by atoms with Crippen LogP contribution in [0.3, 0.4) is 0 Å². The average molecular weight is 213 g/mol. The lowest BCUT2D eigenvalue weighted by Crippen LogP contribution is -2.39. The van der Waals surface area contributed by atoms with Crippen molar-refractivity contribution in [3.8, 4) is 0 Å². The molecule has 0 radical (unpaired) electrons. The van der Waals surface area contributed by atoms with Gasteiger partial charge in [-0.05, 0) is 24.3 Å². The molecule has 1 aromatic rings. The molecule has 0 fully saturated rings. The molecule has 4 heteroatoms. The molecule has 76 valence electrons. The van der Waals surface area contributed by atoms with Crippen molar-refractivity contribution < 1.29 is 4.79 Å². The Balaban J connectivity index is 2.84. The first-order chi connectivity index (χ1) is 6.52. The first-order valence-electron chi connectivity index (χ1n) is 4.26. The summed E-state index contributed by atoms with van der Waals surface area (Å²) in [5.74, 6) is -0.0116. The molecule has 0 saturated heterocycles. The highest BCUT2D eigenvalue weighted by molar-refractivity contribution is 6.30. The molecule has 0 aromatic heterocycles. The van der Waals surface area contributed by atoms with Gasteiger partial charge in [-0.25, -0.2) is 0 Å². The Morgan fingerprint density at radius 2 is 1.71 bits per heavy atom. The number of anilines is 1. The summed E-state index contributed by atoms with van der Waals surface area (Å²) in [4.78, 5) is 11.1. The predicted molar refractivity (Wildman–Crippen MR) is 58.3 cm³/mol. The van der Waals surface area contributed by atoms with Crippen molar-refractivity contribution >= 4 is 23.2 Å². The first-order valence-corrected chi connectivity index (χ1v) is 4.63. The second kappa shape index (κ2) is 4.33. The molecule has 0 aliphatic carbocycles. The van der Waals surface area contributed by atoms with Crippen LogP contribution in [0.2, 0.25) is 5.02 Å². The lowest BCUT2D eigenvalue weighted by Gasteiger charge is -2.29. The van der Waals surface area contributed by atoms with Crippen LogP contribution in [0.25, 0.3) is 0 Å². The maximum absolute atomic E-state index is 11.1. The van der Waals surface area contributed by atoms with Gasteiger partial charge < -0.3 is 0 Å². The van der Waals surface area contributed by atoms with E-state index in [1.807, 2.05) is 19.2 Å². The van der Waals surface area contributed by atoms with Crippen molar-refractivity contribution in [1.29, 1.82) is 0 Å². The van der Waals surface area contributed by atoms with E-state index in [-0.39, 0.29) is 5.91 Å². The minimum atomic E-state index is -0.0116. The van der Waals surface area contributed by atoms with Gasteiger partial charge in [-0.2, -0.15) is 0 Å². The van der Waals surface area contributed by atoms with Crippen LogP contribution in [-0.2, 0) is 4.79 Å². The van der Waals surface area contributed by atoms with E-state index in [0.717, 1.165) is 5.69 Å². The molecule has 0 N–H and O–H groups in total. The van der Waals surface area contributed by atoms with Crippen LogP contribution in [0.4, 0.5) is 5.69 Å². The van der Waals surface area contributed by atoms with E-state index >= 15 is 0 Å². The van der Waals surface area contributed by atoms with E-state index in [1.54, 1.807) is 24.2 Å². The molecule has 14 heavy (non-hydrogen) atoms. The van der Waals surface area contributed by atoms with Crippen LogP contribution < -0.4 is 5.01 Å². The van der Waals surface area contributed by atoms with Gasteiger partial charge in [-0.15, -0.1) is 0 Å². The number of hydrogen-bond acceptors (Lipinski definition) is 2. The third kappa shape index (κ3) is 2.39. The second-order valence-corrected chi connectivity index (χ2v) is 3.48. The maximum Gasteiger partial charge on any atom is 0.237 e. The maximum atomic E-state index is 11.1. The molecule has 3 nitrogen and oxygen atoms in total. The number of amides is 1. The molecule has 0 aliphatic rings. The van der Waals surface area contributed by atoms with Gasteiger partial charge in [-0.1, -0.05) is 11.6 Å². The van der Waals surface area contributed by atoms with Crippen molar-refractivity contribution in [2.45, 2.75) is 6.92 Å². The minimum Gasteiger partial charge on any atom is -0.286 e. The third-order valence-corrected chi connectivity index (χ3v) is 2.36. The van der Waals surface area contributed by atoms with Crippen LogP contribution in [0, 0.1) is 0 Å². The summed E-state index contributed by atoms with van der Waals surface area (Å²) < 4.78 is 0. The first kappa shape index (κ1) is 10.9. The van der Waals surface area contributed by atoms with Crippen molar-refractivity contribution in [3.63, 3.8) is 0 Å². The summed E-state index contributed by atoms with van der Waals surface area (Å²) >= 11 is 5.76. The van der Waals surface area contributed by atoms with Crippen LogP contribution >= 0.6 is 11.6 Å². The summed E-state index contributed by atoms with van der Waals surface area (Å²) in [7, 11) is 3.54. The molecule has 0 unspecified atom stereocenters. The Labute approximate surface area is 88.8 Å². The van der Waals surface area contributed by atoms with Crippen LogP contribution in [0.15, 0.2) is 24.3 Å². The lowest BCUT2D eigenvalue weighted by molar-refractivity contribution is -0.127. The summed E-state index contributed by atoms with van der Waals surface area (Å²) in [5.41, 5.74) is 0.923. The summed E-state index contributed by atoms with van der Waals surface area (Å²) in [6.45, 7) is 1.52. The molecule has 0 atom stereocenters. The standard InChI is InChI=1S/C10H13ClN2O/c1-8(14)12(2)13(3)10-6-4-9(11)5-7-10/h4-7H,1-3H3. The Kier molecular flexibility index (Phi) is 3.36. The van der Waals surface area contributed by atoms with Gasteiger partial charge in [0.1, 0.15) is 0 Å². The fraction of sp³-hybridized carbons (Fsp3) is 0.300. The number of benzene rings is 1. The van der Waals surface area contributed by atoms with Crippen molar-refractivity contribution in [3.05, 3.63) is 29.3 Å². The van der Waals surface area contributed by atoms with Crippen molar-refractivity contribution in [2.24, 2.45) is 0 Å². The smallest absolute Gasteiger partial charge is 0.237 e. The van der Waals surface area contributed by atoms with Crippen molar-refractivity contribution in [1.82, 2.24) is 5.01 Å². The van der Waals surface area contributed by atoms with Gasteiger partial charge in [0.25, 0.3) is 0 Å². The SMILES string of the molecule is CC(=O)N(C)N(C)c1ccc(Cl)cc1. The largest absolute Gasteiger partial charge is 0.286 e. The van der Waals surface area contributed by atoms with Gasteiger partial charge in [0.05, 0.1) is 5.69 Å². The zero-order chi connectivity index (χ0) is 10.7. The summed E-state index contributed by atoms with van der Waals surface area (Å²) in [6, 6.07) is 7.31. The summed E-state index contributed by atoms with van der Waals surface area (Å²) in [6.07, 6.45) is 0. The normalized spacial score (nSPS) is 9.71. The number of halogens is 1. The zero-order valence-corrected chi connectivity index (χ0v) is 9.25. The lowest BCUT2D eigenvalue weighted by atomic mass is 10.3. The number of carbonyl (C=O) groups is 1. The number of carbonyl (C=O) groups excluding carboxylic acids is 1. The molecule has 0 heterocycles. The molecule has 1 amide bonds. The minimum absolute atomic E-state index is 0.0116. The van der Waals surface area contributed by atoms with Crippen molar-refractivity contribution in [2.75, 3.05) is 19.1 Å². The number of hydrazine groups is 1. The molecule has 0 aliphatic heterocycles. The highest BCUT2D eigenvalue weighted by Gasteiger charge is 2.09. The summed E-state index contributed by atoms with van der Waals surface area (Å²) in [5, 5.41) is 3.98. The predicted octanol–water partition coefficient (Wildman–Crippen LogP) is 2.17. The monoisotopic (exact) mass is 212 g/mol. The van der Waals surface area contributed by atoms with Crippen LogP contribution in [0.5, 0.6) is 0 Å². The van der Waals surface area contributed by atoms with Crippen LogP contribution in [-0.4, -0.2) is 25.0 Å². The third-order valence-electron chi connectivity index (χ3n) is 2.11. The zero-order valence-electron chi connectivity index (χ0n) is 8.49. The molecule has 0 spiro atoms. The molecular weight excluding hydrogens is 200 g/mol. The number of rotatable bonds is 2. The number of hydrogen-bond donors (Lipinski definition) is 0. The quantitative estimate of drug-likeness (QED) is 0.702. The fourth-order valence-corrected chi connectivity index (χ4v) is 1.17. The Morgan fingerprint density at radius 3 is 2.14 bits per heavy atom. The highest BCUT2D eigenvalue weighted by Crippen LogP contribution is 2.17. The molecule has 0 saturated carbocycles. The van der Waals surface area contributed by atoms with Crippen LogP contribution in [0.1, 0.15) is 6.92 Å².